The van der Waals surface area contributed by atoms with Crippen LogP contribution < -0.4 is 4.90 Å². The summed E-state index contributed by atoms with van der Waals surface area (Å²) in [6, 6.07) is 19.4. The first-order valence-corrected chi connectivity index (χ1v) is 10.4. The third kappa shape index (κ3) is 3.75. The number of carbonyl (C=O) groups is 1. The van der Waals surface area contributed by atoms with Crippen molar-refractivity contribution in [1.29, 1.82) is 0 Å². The molecular weight excluding hydrogens is 417 g/mol. The number of rotatable bonds is 3. The minimum absolute atomic E-state index is 0.0571. The number of aromatic nitrogens is 1. The second-order valence-corrected chi connectivity index (χ2v) is 7.92. The van der Waals surface area contributed by atoms with Crippen LogP contribution in [0.4, 0.5) is 10.1 Å². The number of fused-ring (bicyclic) bond motifs is 1. The summed E-state index contributed by atoms with van der Waals surface area (Å²) in [4.78, 5) is 16.9. The fraction of sp³-hybridized carbons (Fsp3) is 0.167. The Labute approximate surface area is 183 Å². The van der Waals surface area contributed by atoms with Crippen LogP contribution in [-0.4, -0.2) is 42.1 Å². The predicted molar refractivity (Wildman–Crippen MR) is 119 cm³/mol. The Morgan fingerprint density at radius 3 is 2.45 bits per heavy atom. The molecule has 5 nitrogen and oxygen atoms in total. The summed E-state index contributed by atoms with van der Waals surface area (Å²) in [5, 5.41) is 5.52. The maximum absolute atomic E-state index is 14.1. The lowest BCUT2D eigenvalue weighted by Crippen LogP contribution is -2.49. The molecular formula is C24H19ClFN3O2. The van der Waals surface area contributed by atoms with Crippen LogP contribution in [0.15, 0.2) is 71.3 Å². The molecule has 1 saturated heterocycles. The minimum Gasteiger partial charge on any atom is -0.366 e. The molecule has 0 spiro atoms. The van der Waals surface area contributed by atoms with Gasteiger partial charge in [-0.2, -0.15) is 0 Å². The molecule has 31 heavy (non-hydrogen) atoms. The Morgan fingerprint density at radius 2 is 1.71 bits per heavy atom. The molecule has 0 saturated carbocycles. The lowest BCUT2D eigenvalue weighted by molar-refractivity contribution is 0.0747. The first-order chi connectivity index (χ1) is 15.1. The van der Waals surface area contributed by atoms with Crippen molar-refractivity contribution in [1.82, 2.24) is 10.1 Å². The quantitative estimate of drug-likeness (QED) is 0.441. The molecule has 2 heterocycles. The lowest BCUT2D eigenvalue weighted by Gasteiger charge is -2.36. The average Bonchev–Trinajstić information content (AvgIpc) is 3.23. The van der Waals surface area contributed by atoms with Crippen LogP contribution in [0.3, 0.4) is 0 Å². The van der Waals surface area contributed by atoms with Gasteiger partial charge in [-0.25, -0.2) is 4.39 Å². The third-order valence-electron chi connectivity index (χ3n) is 5.59. The number of hydrogen-bond acceptors (Lipinski definition) is 4. The molecule has 1 aliphatic heterocycles. The Bertz CT molecular complexity index is 1250. The highest BCUT2D eigenvalue weighted by Gasteiger charge is 2.24. The van der Waals surface area contributed by atoms with Gasteiger partial charge >= 0.3 is 0 Å². The monoisotopic (exact) mass is 435 g/mol. The van der Waals surface area contributed by atoms with E-state index < -0.39 is 0 Å². The highest BCUT2D eigenvalue weighted by molar-refractivity contribution is 6.30. The largest absolute Gasteiger partial charge is 0.366 e. The van der Waals surface area contributed by atoms with Crippen LogP contribution >= 0.6 is 11.6 Å². The molecule has 1 amide bonds. The third-order valence-corrected chi connectivity index (χ3v) is 5.84. The van der Waals surface area contributed by atoms with Crippen LogP contribution in [-0.2, 0) is 0 Å². The number of hydrogen-bond donors (Lipinski definition) is 0. The Hall–Kier alpha value is -3.38. The summed E-state index contributed by atoms with van der Waals surface area (Å²) in [5.74, 6) is 0.305. The summed E-state index contributed by atoms with van der Waals surface area (Å²) < 4.78 is 19.6. The second-order valence-electron chi connectivity index (χ2n) is 7.48. The van der Waals surface area contributed by atoms with Gasteiger partial charge in [-0.15, -0.1) is 0 Å². The first-order valence-electron chi connectivity index (χ1n) is 10.0. The van der Waals surface area contributed by atoms with E-state index in [4.69, 9.17) is 16.1 Å². The number of nitrogens with zero attached hydrogens (tertiary/aromatic N) is 3. The van der Waals surface area contributed by atoms with Gasteiger partial charge in [0, 0.05) is 42.3 Å². The lowest BCUT2D eigenvalue weighted by atomic mass is 10.1. The van der Waals surface area contributed by atoms with E-state index in [0.717, 1.165) is 10.9 Å². The Kier molecular flexibility index (Phi) is 5.08. The molecule has 3 aromatic carbocycles. The summed E-state index contributed by atoms with van der Waals surface area (Å²) in [5.41, 5.74) is 2.68. The molecule has 156 valence electrons. The molecule has 1 fully saturated rings. The molecule has 0 aliphatic carbocycles. The highest BCUT2D eigenvalue weighted by Crippen LogP contribution is 2.30. The molecule has 4 aromatic rings. The standard InChI is InChI=1S/C24H19ClFN3O2/c25-18-8-5-16(6-9-18)23-19-15-17(7-10-21(19)27-31-23)24(30)29-13-11-28(12-14-29)22-4-2-1-3-20(22)26/h1-10,15H,11-14H2. The van der Waals surface area contributed by atoms with Gasteiger partial charge in [-0.05, 0) is 54.6 Å². The molecule has 0 bridgehead atoms. The van der Waals surface area contributed by atoms with Gasteiger partial charge < -0.3 is 14.3 Å². The SMILES string of the molecule is O=C(c1ccc2noc(-c3ccc(Cl)cc3)c2c1)N1CCN(c2ccccc2F)CC1. The van der Waals surface area contributed by atoms with E-state index in [1.54, 1.807) is 41.3 Å². The van der Waals surface area contributed by atoms with Crippen molar-refractivity contribution in [3.8, 4) is 11.3 Å². The van der Waals surface area contributed by atoms with Gasteiger partial charge in [0.25, 0.3) is 5.91 Å². The van der Waals surface area contributed by atoms with Crippen LogP contribution in [0.2, 0.25) is 5.02 Å². The molecule has 0 atom stereocenters. The average molecular weight is 436 g/mol. The number of anilines is 1. The fourth-order valence-electron chi connectivity index (χ4n) is 3.93. The molecule has 0 unspecified atom stereocenters. The summed E-state index contributed by atoms with van der Waals surface area (Å²) in [7, 11) is 0. The van der Waals surface area contributed by atoms with Crippen molar-refractivity contribution in [2.24, 2.45) is 0 Å². The highest BCUT2D eigenvalue weighted by atomic mass is 35.5. The maximum Gasteiger partial charge on any atom is 0.254 e. The normalized spacial score (nSPS) is 14.3. The zero-order valence-corrected chi connectivity index (χ0v) is 17.3. The molecule has 7 heteroatoms. The van der Waals surface area contributed by atoms with Crippen molar-refractivity contribution in [2.45, 2.75) is 0 Å². The molecule has 0 N–H and O–H groups in total. The van der Waals surface area contributed by atoms with Crippen LogP contribution in [0.5, 0.6) is 0 Å². The van der Waals surface area contributed by atoms with Crippen molar-refractivity contribution < 1.29 is 13.7 Å². The topological polar surface area (TPSA) is 49.6 Å². The molecule has 1 aromatic heterocycles. The summed E-state index contributed by atoms with van der Waals surface area (Å²) in [6.45, 7) is 2.22. The van der Waals surface area contributed by atoms with Crippen LogP contribution in [0.1, 0.15) is 10.4 Å². The first kappa shape index (κ1) is 19.6. The van der Waals surface area contributed by atoms with E-state index in [1.165, 1.54) is 6.07 Å². The summed E-state index contributed by atoms with van der Waals surface area (Å²) >= 11 is 5.98. The molecule has 0 radical (unpaired) electrons. The van der Waals surface area contributed by atoms with E-state index in [0.29, 0.717) is 53.7 Å². The van der Waals surface area contributed by atoms with E-state index in [9.17, 15) is 9.18 Å². The van der Waals surface area contributed by atoms with E-state index >= 15 is 0 Å². The zero-order chi connectivity index (χ0) is 21.4. The zero-order valence-electron chi connectivity index (χ0n) is 16.6. The fourth-order valence-corrected chi connectivity index (χ4v) is 4.05. The van der Waals surface area contributed by atoms with Gasteiger partial charge in [0.1, 0.15) is 11.3 Å². The van der Waals surface area contributed by atoms with Gasteiger partial charge in [-0.3, -0.25) is 4.79 Å². The number of carbonyl (C=O) groups excluding carboxylic acids is 1. The minimum atomic E-state index is -0.241. The van der Waals surface area contributed by atoms with Crippen molar-refractivity contribution in [3.05, 3.63) is 83.1 Å². The van der Waals surface area contributed by atoms with E-state index in [-0.39, 0.29) is 11.7 Å². The number of para-hydroxylation sites is 1. The second kappa shape index (κ2) is 8.04. The van der Waals surface area contributed by atoms with E-state index in [2.05, 4.69) is 5.16 Å². The predicted octanol–water partition coefficient (Wildman–Crippen LogP) is 5.25. The maximum atomic E-state index is 14.1. The Morgan fingerprint density at radius 1 is 0.968 bits per heavy atom. The molecule has 1 aliphatic rings. The van der Waals surface area contributed by atoms with Crippen LogP contribution in [0.25, 0.3) is 22.2 Å². The molecule has 5 rings (SSSR count). The van der Waals surface area contributed by atoms with Crippen LogP contribution in [0, 0.1) is 5.82 Å². The number of halogens is 2. The number of benzene rings is 3. The number of piperazine rings is 1. The van der Waals surface area contributed by atoms with E-state index in [1.807, 2.05) is 29.2 Å². The van der Waals surface area contributed by atoms with Crippen molar-refractivity contribution in [3.63, 3.8) is 0 Å². The summed E-state index contributed by atoms with van der Waals surface area (Å²) in [6.07, 6.45) is 0. The van der Waals surface area contributed by atoms with Gasteiger partial charge in [0.2, 0.25) is 0 Å². The number of amides is 1. The van der Waals surface area contributed by atoms with Gasteiger partial charge in [0.05, 0.1) is 11.1 Å². The Balaban J connectivity index is 1.36. The van der Waals surface area contributed by atoms with Crippen molar-refractivity contribution in [2.75, 3.05) is 31.1 Å². The van der Waals surface area contributed by atoms with Gasteiger partial charge in [-0.1, -0.05) is 28.9 Å². The smallest absolute Gasteiger partial charge is 0.254 e. The van der Waals surface area contributed by atoms with Crippen molar-refractivity contribution >= 4 is 34.1 Å². The van der Waals surface area contributed by atoms with Gasteiger partial charge in [0.15, 0.2) is 5.76 Å².